The predicted octanol–water partition coefficient (Wildman–Crippen LogP) is 3.65. The zero-order valence-electron chi connectivity index (χ0n) is 26.8. The summed E-state index contributed by atoms with van der Waals surface area (Å²) in [5.41, 5.74) is 2.85. The SMILES string of the molecule is COc1ccc2c(c1)[C@](O)([C@@H](C)/C=C/CC(=O)N1Cc3ccccc3C[C@H]1CO)C(=O)N2Cc1ccc(NC(=O)[C@H]2CCCN2)cc1. The highest BCUT2D eigenvalue weighted by atomic mass is 16.5. The van der Waals surface area contributed by atoms with Crippen LogP contribution in [0, 0.1) is 5.92 Å². The van der Waals surface area contributed by atoms with Crippen molar-refractivity contribution in [3.8, 4) is 5.75 Å². The van der Waals surface area contributed by atoms with E-state index in [0.717, 1.165) is 36.1 Å². The number of anilines is 2. The smallest absolute Gasteiger partial charge is 0.264 e. The van der Waals surface area contributed by atoms with Crippen molar-refractivity contribution in [3.63, 3.8) is 0 Å². The summed E-state index contributed by atoms with van der Waals surface area (Å²) in [6.45, 7) is 3.12. The molecule has 1 fully saturated rings. The lowest BCUT2D eigenvalue weighted by Crippen LogP contribution is -2.46. The van der Waals surface area contributed by atoms with Gasteiger partial charge >= 0.3 is 0 Å². The number of benzene rings is 3. The number of nitrogens with one attached hydrogen (secondary N) is 2. The summed E-state index contributed by atoms with van der Waals surface area (Å²) < 4.78 is 5.44. The topological polar surface area (TPSA) is 131 Å². The van der Waals surface area contributed by atoms with Crippen molar-refractivity contribution in [2.45, 2.75) is 63.4 Å². The summed E-state index contributed by atoms with van der Waals surface area (Å²) >= 11 is 0. The lowest BCUT2D eigenvalue weighted by atomic mass is 9.82. The van der Waals surface area contributed by atoms with E-state index >= 15 is 0 Å². The van der Waals surface area contributed by atoms with Gasteiger partial charge < -0.3 is 35.4 Å². The third kappa shape index (κ3) is 6.41. The molecule has 0 spiro atoms. The number of nitrogens with zero attached hydrogens (tertiary/aromatic N) is 2. The van der Waals surface area contributed by atoms with Gasteiger partial charge in [-0.05, 0) is 72.8 Å². The summed E-state index contributed by atoms with van der Waals surface area (Å²) in [4.78, 5) is 43.1. The highest BCUT2D eigenvalue weighted by Crippen LogP contribution is 2.47. The third-order valence-corrected chi connectivity index (χ3v) is 9.68. The number of amides is 3. The molecule has 3 aliphatic heterocycles. The van der Waals surface area contributed by atoms with Gasteiger partial charge in [0, 0.05) is 30.1 Å². The Labute approximate surface area is 275 Å². The molecule has 10 heteroatoms. The molecule has 1 saturated heterocycles. The average Bonchev–Trinajstić information content (AvgIpc) is 3.71. The Morgan fingerprint density at radius 2 is 1.89 bits per heavy atom. The molecular formula is C37H42N4O6. The van der Waals surface area contributed by atoms with E-state index in [1.807, 2.05) is 48.5 Å². The molecule has 10 nitrogen and oxygen atoms in total. The summed E-state index contributed by atoms with van der Waals surface area (Å²) in [6, 6.07) is 20.0. The maximum Gasteiger partial charge on any atom is 0.264 e. The van der Waals surface area contributed by atoms with Crippen LogP contribution >= 0.6 is 0 Å². The molecule has 246 valence electrons. The van der Waals surface area contributed by atoms with E-state index < -0.39 is 17.4 Å². The third-order valence-electron chi connectivity index (χ3n) is 9.68. The lowest BCUT2D eigenvalue weighted by Gasteiger charge is -2.36. The number of fused-ring (bicyclic) bond motifs is 2. The van der Waals surface area contributed by atoms with Crippen LogP contribution in [0.2, 0.25) is 0 Å². The van der Waals surface area contributed by atoms with Crippen molar-refractivity contribution >= 4 is 29.1 Å². The molecule has 0 aromatic heterocycles. The van der Waals surface area contributed by atoms with Gasteiger partial charge in [0.05, 0.1) is 38.0 Å². The zero-order valence-corrected chi connectivity index (χ0v) is 26.8. The normalized spacial score (nSPS) is 22.7. The molecule has 4 atom stereocenters. The van der Waals surface area contributed by atoms with Crippen LogP contribution in [-0.4, -0.2) is 65.2 Å². The van der Waals surface area contributed by atoms with Gasteiger partial charge in [-0.2, -0.15) is 0 Å². The van der Waals surface area contributed by atoms with Gasteiger partial charge in [0.2, 0.25) is 11.8 Å². The number of hydrogen-bond acceptors (Lipinski definition) is 7. The zero-order chi connectivity index (χ0) is 33.1. The van der Waals surface area contributed by atoms with Gasteiger partial charge in [-0.1, -0.05) is 55.5 Å². The molecule has 0 radical (unpaired) electrons. The van der Waals surface area contributed by atoms with Gasteiger partial charge in [-0.25, -0.2) is 0 Å². The summed E-state index contributed by atoms with van der Waals surface area (Å²) in [7, 11) is 1.53. The van der Waals surface area contributed by atoms with E-state index in [2.05, 4.69) is 10.6 Å². The van der Waals surface area contributed by atoms with Crippen molar-refractivity contribution in [2.75, 3.05) is 30.5 Å². The fraction of sp³-hybridized carbons (Fsp3) is 0.378. The minimum Gasteiger partial charge on any atom is -0.497 e. The van der Waals surface area contributed by atoms with E-state index in [-0.39, 0.29) is 43.5 Å². The molecule has 0 saturated carbocycles. The van der Waals surface area contributed by atoms with Crippen LogP contribution in [-0.2, 0) is 39.5 Å². The van der Waals surface area contributed by atoms with E-state index in [1.165, 1.54) is 7.11 Å². The van der Waals surface area contributed by atoms with Crippen molar-refractivity contribution in [1.82, 2.24) is 10.2 Å². The second kappa shape index (κ2) is 13.7. The quantitative estimate of drug-likeness (QED) is 0.250. The van der Waals surface area contributed by atoms with Gasteiger partial charge in [-0.15, -0.1) is 0 Å². The number of aliphatic hydroxyl groups is 2. The Hall–Kier alpha value is -4.51. The molecular weight excluding hydrogens is 596 g/mol. The number of hydrogen-bond donors (Lipinski definition) is 4. The van der Waals surface area contributed by atoms with Gasteiger partial charge in [0.25, 0.3) is 5.91 Å². The first kappa shape index (κ1) is 32.4. The summed E-state index contributed by atoms with van der Waals surface area (Å²) in [5, 5.41) is 28.3. The van der Waals surface area contributed by atoms with Crippen LogP contribution in [0.1, 0.15) is 48.4 Å². The molecule has 6 rings (SSSR count). The number of ether oxygens (including phenoxy) is 1. The fourth-order valence-corrected chi connectivity index (χ4v) is 6.90. The number of rotatable bonds is 10. The average molecular weight is 639 g/mol. The van der Waals surface area contributed by atoms with Crippen LogP contribution in [0.3, 0.4) is 0 Å². The molecule has 3 amide bonds. The van der Waals surface area contributed by atoms with Crippen LogP contribution in [0.15, 0.2) is 78.9 Å². The number of carbonyl (C=O) groups is 3. The van der Waals surface area contributed by atoms with Crippen molar-refractivity contribution in [2.24, 2.45) is 5.92 Å². The van der Waals surface area contributed by atoms with Crippen molar-refractivity contribution < 1.29 is 29.3 Å². The van der Waals surface area contributed by atoms with E-state index in [9.17, 15) is 24.6 Å². The largest absolute Gasteiger partial charge is 0.497 e. The Bertz CT molecular complexity index is 1670. The van der Waals surface area contributed by atoms with Gasteiger partial charge in [-0.3, -0.25) is 14.4 Å². The minimum atomic E-state index is -1.89. The van der Waals surface area contributed by atoms with Crippen LogP contribution in [0.25, 0.3) is 0 Å². The monoisotopic (exact) mass is 638 g/mol. The first-order valence-corrected chi connectivity index (χ1v) is 16.2. The predicted molar refractivity (Wildman–Crippen MR) is 179 cm³/mol. The maximum atomic E-state index is 14.1. The van der Waals surface area contributed by atoms with Crippen LogP contribution in [0.4, 0.5) is 11.4 Å². The summed E-state index contributed by atoms with van der Waals surface area (Å²) in [5.74, 6) is -0.816. The fourth-order valence-electron chi connectivity index (χ4n) is 6.90. The highest BCUT2D eigenvalue weighted by Gasteiger charge is 2.52. The van der Waals surface area contributed by atoms with Crippen molar-refractivity contribution in [3.05, 3.63) is 101 Å². The number of carbonyl (C=O) groups excluding carboxylic acids is 3. The lowest BCUT2D eigenvalue weighted by molar-refractivity contribution is -0.139. The molecule has 3 heterocycles. The van der Waals surface area contributed by atoms with Gasteiger partial charge in [0.15, 0.2) is 5.60 Å². The molecule has 3 aromatic carbocycles. The maximum absolute atomic E-state index is 14.1. The first-order chi connectivity index (χ1) is 22.7. The molecule has 47 heavy (non-hydrogen) atoms. The van der Waals surface area contributed by atoms with Crippen molar-refractivity contribution in [1.29, 1.82) is 0 Å². The second-order valence-electron chi connectivity index (χ2n) is 12.6. The number of aliphatic hydroxyl groups excluding tert-OH is 1. The highest BCUT2D eigenvalue weighted by molar-refractivity contribution is 6.07. The van der Waals surface area contributed by atoms with Crippen LogP contribution in [0.5, 0.6) is 5.75 Å². The Kier molecular flexibility index (Phi) is 9.45. The molecule has 3 aliphatic rings. The van der Waals surface area contributed by atoms with E-state index in [1.54, 1.807) is 47.1 Å². The van der Waals surface area contributed by atoms with Crippen LogP contribution < -0.4 is 20.3 Å². The van der Waals surface area contributed by atoms with E-state index in [0.29, 0.717) is 35.7 Å². The number of methoxy groups -OCH3 is 1. The Morgan fingerprint density at radius 1 is 1.13 bits per heavy atom. The molecule has 0 bridgehead atoms. The Balaban J connectivity index is 1.16. The van der Waals surface area contributed by atoms with Gasteiger partial charge in [0.1, 0.15) is 5.75 Å². The summed E-state index contributed by atoms with van der Waals surface area (Å²) in [6.07, 6.45) is 5.87. The molecule has 0 unspecified atom stereocenters. The first-order valence-electron chi connectivity index (χ1n) is 16.2. The minimum absolute atomic E-state index is 0.0591. The molecule has 3 aromatic rings. The molecule has 4 N–H and O–H groups in total. The van der Waals surface area contributed by atoms with E-state index in [4.69, 9.17) is 4.74 Å². The standard InChI is InChI=1S/C37H42N4O6/c1-24(7-5-11-34(43)40-22-27-9-4-3-8-26(27)19-29(40)23-42)37(46)31-20-30(47-2)16-17-33(31)41(36(37)45)21-25-12-14-28(15-13-25)39-35(44)32-10-6-18-38-32/h3-5,7-9,12-17,20,24,29,32,38,42,46H,6,10-11,18-19,21-23H2,1-2H3,(H,39,44)/b7-5+/t24-,29-,32+,37+/m0/s1. The Morgan fingerprint density at radius 3 is 2.60 bits per heavy atom. The second-order valence-corrected chi connectivity index (χ2v) is 12.6. The molecule has 0 aliphatic carbocycles.